The van der Waals surface area contributed by atoms with Gasteiger partial charge >= 0.3 is 0 Å². The van der Waals surface area contributed by atoms with Crippen LogP contribution in [0.25, 0.3) is 0 Å². The number of carbonyl (C=O) groups excluding carboxylic acids is 1. The molecule has 0 bridgehead atoms. The van der Waals surface area contributed by atoms with Crippen molar-refractivity contribution in [3.8, 4) is 5.75 Å². The molecule has 0 unspecified atom stereocenters. The number of aryl methyl sites for hydroxylation is 1. The smallest absolute Gasteiger partial charge is 0.264 e. The first kappa shape index (κ1) is 23.3. The van der Waals surface area contributed by atoms with Crippen molar-refractivity contribution < 1.29 is 17.9 Å². The number of methoxy groups -OCH3 is 1. The highest BCUT2D eigenvalue weighted by atomic mass is 32.2. The van der Waals surface area contributed by atoms with Crippen LogP contribution in [-0.2, 0) is 16.4 Å². The van der Waals surface area contributed by atoms with Crippen LogP contribution in [0.5, 0.6) is 5.75 Å². The zero-order chi connectivity index (χ0) is 23.3. The van der Waals surface area contributed by atoms with Gasteiger partial charge < -0.3 is 10.1 Å². The van der Waals surface area contributed by atoms with E-state index >= 15 is 0 Å². The predicted octanol–water partition coefficient (Wildman–Crippen LogP) is 4.57. The SMILES string of the molecule is CCc1ccc([C@@H](C)NC(=O)c2ccc(N(C)S(=O)(=O)c3ccc(OC)cc3)cc2)cc1. The number of nitrogens with zero attached hydrogens (tertiary/aromatic N) is 1. The Kier molecular flexibility index (Phi) is 7.20. The van der Waals surface area contributed by atoms with E-state index in [9.17, 15) is 13.2 Å². The molecule has 1 N–H and O–H groups in total. The van der Waals surface area contributed by atoms with Crippen LogP contribution in [-0.4, -0.2) is 28.5 Å². The Hall–Kier alpha value is -3.32. The summed E-state index contributed by atoms with van der Waals surface area (Å²) in [7, 11) is -0.727. The minimum Gasteiger partial charge on any atom is -0.497 e. The van der Waals surface area contributed by atoms with E-state index in [0.29, 0.717) is 17.0 Å². The van der Waals surface area contributed by atoms with Gasteiger partial charge in [0.2, 0.25) is 0 Å². The molecule has 0 heterocycles. The molecule has 3 aromatic carbocycles. The van der Waals surface area contributed by atoms with Crippen molar-refractivity contribution in [1.29, 1.82) is 0 Å². The Bertz CT molecular complexity index is 1160. The summed E-state index contributed by atoms with van der Waals surface area (Å²) in [4.78, 5) is 12.8. The van der Waals surface area contributed by atoms with Crippen molar-refractivity contribution in [3.05, 3.63) is 89.5 Å². The van der Waals surface area contributed by atoms with Crippen LogP contribution >= 0.6 is 0 Å². The molecule has 1 amide bonds. The van der Waals surface area contributed by atoms with Gasteiger partial charge in [-0.25, -0.2) is 8.42 Å². The number of carbonyl (C=O) groups is 1. The van der Waals surface area contributed by atoms with E-state index in [1.54, 1.807) is 36.4 Å². The lowest BCUT2D eigenvalue weighted by molar-refractivity contribution is 0.0940. The first-order valence-electron chi connectivity index (χ1n) is 10.4. The molecule has 1 atom stereocenters. The van der Waals surface area contributed by atoms with Gasteiger partial charge in [-0.3, -0.25) is 9.10 Å². The largest absolute Gasteiger partial charge is 0.497 e. The van der Waals surface area contributed by atoms with Gasteiger partial charge in [-0.1, -0.05) is 31.2 Å². The molecule has 0 aromatic heterocycles. The average Bonchev–Trinajstić information content (AvgIpc) is 2.83. The van der Waals surface area contributed by atoms with Gasteiger partial charge in [0, 0.05) is 12.6 Å². The van der Waals surface area contributed by atoms with E-state index in [0.717, 1.165) is 12.0 Å². The Morgan fingerprint density at radius 2 is 1.56 bits per heavy atom. The first-order valence-corrected chi connectivity index (χ1v) is 11.8. The predicted molar refractivity (Wildman–Crippen MR) is 127 cm³/mol. The van der Waals surface area contributed by atoms with Gasteiger partial charge in [-0.15, -0.1) is 0 Å². The number of amides is 1. The number of rotatable bonds is 8. The van der Waals surface area contributed by atoms with Crippen LogP contribution in [0.2, 0.25) is 0 Å². The normalized spacial score (nSPS) is 12.1. The molecule has 0 aliphatic rings. The Morgan fingerprint density at radius 3 is 2.09 bits per heavy atom. The van der Waals surface area contributed by atoms with Crippen LogP contribution < -0.4 is 14.4 Å². The fraction of sp³-hybridized carbons (Fsp3) is 0.240. The lowest BCUT2D eigenvalue weighted by atomic mass is 10.0. The van der Waals surface area contributed by atoms with Crippen molar-refractivity contribution in [2.45, 2.75) is 31.2 Å². The summed E-state index contributed by atoms with van der Waals surface area (Å²) in [5.41, 5.74) is 3.19. The van der Waals surface area contributed by atoms with Crippen LogP contribution in [0.1, 0.15) is 41.4 Å². The molecule has 0 radical (unpaired) electrons. The zero-order valence-electron chi connectivity index (χ0n) is 18.7. The lowest BCUT2D eigenvalue weighted by Crippen LogP contribution is -2.28. The van der Waals surface area contributed by atoms with Crippen molar-refractivity contribution in [3.63, 3.8) is 0 Å². The van der Waals surface area contributed by atoms with E-state index in [1.165, 1.54) is 36.2 Å². The number of hydrogen-bond donors (Lipinski definition) is 1. The molecular weight excluding hydrogens is 424 g/mol. The maximum atomic E-state index is 12.9. The fourth-order valence-corrected chi connectivity index (χ4v) is 4.47. The standard InChI is InChI=1S/C25H28N2O4S/c1-5-19-6-8-20(9-7-19)18(2)26-25(28)21-10-12-22(13-11-21)27(3)32(29,30)24-16-14-23(31-4)15-17-24/h6-18H,5H2,1-4H3,(H,26,28)/t18-/m1/s1. The number of ether oxygens (including phenoxy) is 1. The molecule has 7 heteroatoms. The highest BCUT2D eigenvalue weighted by Crippen LogP contribution is 2.24. The summed E-state index contributed by atoms with van der Waals surface area (Å²) in [6, 6.07) is 20.7. The van der Waals surface area contributed by atoms with E-state index < -0.39 is 10.0 Å². The quantitative estimate of drug-likeness (QED) is 0.543. The number of nitrogens with one attached hydrogen (secondary N) is 1. The Balaban J connectivity index is 1.70. The topological polar surface area (TPSA) is 75.7 Å². The molecule has 0 saturated heterocycles. The van der Waals surface area contributed by atoms with Crippen molar-refractivity contribution in [2.75, 3.05) is 18.5 Å². The summed E-state index contributed by atoms with van der Waals surface area (Å²) < 4.78 is 32.1. The van der Waals surface area contributed by atoms with Crippen LogP contribution in [0.3, 0.4) is 0 Å². The first-order chi connectivity index (χ1) is 15.3. The van der Waals surface area contributed by atoms with E-state index in [4.69, 9.17) is 4.74 Å². The van der Waals surface area contributed by atoms with Crippen LogP contribution in [0, 0.1) is 0 Å². The summed E-state index contributed by atoms with van der Waals surface area (Å²) in [6.07, 6.45) is 0.968. The maximum absolute atomic E-state index is 12.9. The second-order valence-electron chi connectivity index (χ2n) is 7.49. The van der Waals surface area contributed by atoms with Crippen LogP contribution in [0.4, 0.5) is 5.69 Å². The molecule has 6 nitrogen and oxygen atoms in total. The summed E-state index contributed by atoms with van der Waals surface area (Å²) in [6.45, 7) is 4.03. The summed E-state index contributed by atoms with van der Waals surface area (Å²) in [5, 5.41) is 2.98. The molecule has 0 aliphatic heterocycles. The zero-order valence-corrected chi connectivity index (χ0v) is 19.5. The molecule has 3 aromatic rings. The Morgan fingerprint density at radius 1 is 0.969 bits per heavy atom. The number of anilines is 1. The van der Waals surface area contributed by atoms with Crippen molar-refractivity contribution in [1.82, 2.24) is 5.32 Å². The van der Waals surface area contributed by atoms with E-state index in [1.807, 2.05) is 19.1 Å². The molecule has 168 valence electrons. The fourth-order valence-electron chi connectivity index (χ4n) is 3.27. The Labute approximate surface area is 189 Å². The van der Waals surface area contributed by atoms with Gasteiger partial charge in [-0.2, -0.15) is 0 Å². The summed E-state index contributed by atoms with van der Waals surface area (Å²) >= 11 is 0. The lowest BCUT2D eigenvalue weighted by Gasteiger charge is -2.20. The highest BCUT2D eigenvalue weighted by molar-refractivity contribution is 7.92. The molecule has 0 spiro atoms. The third kappa shape index (κ3) is 5.11. The molecule has 3 rings (SSSR count). The van der Waals surface area contributed by atoms with Crippen molar-refractivity contribution >= 4 is 21.6 Å². The number of benzene rings is 3. The monoisotopic (exact) mass is 452 g/mol. The van der Waals surface area contributed by atoms with Gasteiger partial charge in [0.15, 0.2) is 0 Å². The maximum Gasteiger partial charge on any atom is 0.264 e. The average molecular weight is 453 g/mol. The second kappa shape index (κ2) is 9.87. The van der Waals surface area contributed by atoms with Gasteiger partial charge in [0.05, 0.1) is 23.7 Å². The molecular formula is C25H28N2O4S. The molecule has 0 saturated carbocycles. The van der Waals surface area contributed by atoms with Gasteiger partial charge in [0.25, 0.3) is 15.9 Å². The third-order valence-corrected chi connectivity index (χ3v) is 7.25. The molecule has 32 heavy (non-hydrogen) atoms. The minimum atomic E-state index is -3.73. The van der Waals surface area contributed by atoms with Gasteiger partial charge in [0.1, 0.15) is 5.75 Å². The minimum absolute atomic E-state index is 0.147. The van der Waals surface area contributed by atoms with E-state index in [-0.39, 0.29) is 16.8 Å². The summed E-state index contributed by atoms with van der Waals surface area (Å²) in [5.74, 6) is 0.363. The van der Waals surface area contributed by atoms with Crippen LogP contribution in [0.15, 0.2) is 77.7 Å². The highest BCUT2D eigenvalue weighted by Gasteiger charge is 2.21. The van der Waals surface area contributed by atoms with E-state index in [2.05, 4.69) is 24.4 Å². The molecule has 0 fully saturated rings. The number of hydrogen-bond acceptors (Lipinski definition) is 4. The second-order valence-corrected chi connectivity index (χ2v) is 9.45. The molecule has 0 aliphatic carbocycles. The van der Waals surface area contributed by atoms with Gasteiger partial charge in [-0.05, 0) is 73.0 Å². The number of sulfonamides is 1. The van der Waals surface area contributed by atoms with Crippen molar-refractivity contribution in [2.24, 2.45) is 0 Å². The third-order valence-electron chi connectivity index (χ3n) is 5.45.